The quantitative estimate of drug-likeness (QED) is 0.627. The molecule has 1 atom stereocenters. The lowest BCUT2D eigenvalue weighted by Crippen LogP contribution is -2.43. The number of likely N-dealkylation sites (tertiary alicyclic amines) is 1. The van der Waals surface area contributed by atoms with Crippen molar-refractivity contribution in [3.8, 4) is 0 Å². The van der Waals surface area contributed by atoms with Crippen LogP contribution >= 0.6 is 0 Å². The van der Waals surface area contributed by atoms with E-state index in [0.29, 0.717) is 11.7 Å². The maximum atomic E-state index is 11.5. The number of nitrogens with zero attached hydrogens (tertiary/aromatic N) is 1. The van der Waals surface area contributed by atoms with Crippen LogP contribution in [-0.4, -0.2) is 30.3 Å². The SMILES string of the molecule is CC(C)CC1C(=O)CCCN1C. The molecule has 70 valence electrons. The molecule has 1 saturated heterocycles. The Morgan fingerprint density at radius 3 is 2.75 bits per heavy atom. The van der Waals surface area contributed by atoms with Gasteiger partial charge in [0.2, 0.25) is 0 Å². The fourth-order valence-electron chi connectivity index (χ4n) is 1.83. The van der Waals surface area contributed by atoms with Crippen LogP contribution in [0.2, 0.25) is 0 Å². The van der Waals surface area contributed by atoms with E-state index in [2.05, 4.69) is 25.8 Å². The Morgan fingerprint density at radius 2 is 2.25 bits per heavy atom. The van der Waals surface area contributed by atoms with Gasteiger partial charge in [-0.1, -0.05) is 13.8 Å². The van der Waals surface area contributed by atoms with Crippen molar-refractivity contribution >= 4 is 5.78 Å². The maximum Gasteiger partial charge on any atom is 0.150 e. The minimum absolute atomic E-state index is 0.207. The second kappa shape index (κ2) is 4.04. The van der Waals surface area contributed by atoms with Crippen molar-refractivity contribution in [2.75, 3.05) is 13.6 Å². The van der Waals surface area contributed by atoms with Crippen molar-refractivity contribution in [2.24, 2.45) is 5.92 Å². The van der Waals surface area contributed by atoms with Gasteiger partial charge in [0.1, 0.15) is 5.78 Å². The Labute approximate surface area is 74.9 Å². The summed E-state index contributed by atoms with van der Waals surface area (Å²) in [5.74, 6) is 1.07. The van der Waals surface area contributed by atoms with Crippen LogP contribution in [0.15, 0.2) is 0 Å². The van der Waals surface area contributed by atoms with Crippen LogP contribution in [0.3, 0.4) is 0 Å². The summed E-state index contributed by atoms with van der Waals surface area (Å²) in [5.41, 5.74) is 0. The Kier molecular flexibility index (Phi) is 3.27. The summed E-state index contributed by atoms with van der Waals surface area (Å²) in [6, 6.07) is 0.207. The fraction of sp³-hybridized carbons (Fsp3) is 0.900. The lowest BCUT2D eigenvalue weighted by Gasteiger charge is -2.32. The number of rotatable bonds is 2. The highest BCUT2D eigenvalue weighted by molar-refractivity contribution is 5.84. The van der Waals surface area contributed by atoms with Crippen molar-refractivity contribution in [1.29, 1.82) is 0 Å². The number of carbonyl (C=O) groups is 1. The molecule has 0 spiro atoms. The van der Waals surface area contributed by atoms with E-state index < -0.39 is 0 Å². The van der Waals surface area contributed by atoms with Crippen LogP contribution in [0, 0.1) is 5.92 Å². The van der Waals surface area contributed by atoms with E-state index in [9.17, 15) is 4.79 Å². The van der Waals surface area contributed by atoms with Gasteiger partial charge in [0, 0.05) is 6.42 Å². The third-order valence-corrected chi connectivity index (χ3v) is 2.53. The zero-order valence-electron chi connectivity index (χ0n) is 8.34. The molecular formula is C10H19NO. The number of Topliss-reactive ketones (excluding diaryl/α,β-unsaturated/α-hetero) is 1. The molecule has 1 unspecified atom stereocenters. The summed E-state index contributed by atoms with van der Waals surface area (Å²) in [5, 5.41) is 0. The maximum absolute atomic E-state index is 11.5. The topological polar surface area (TPSA) is 20.3 Å². The minimum Gasteiger partial charge on any atom is -0.298 e. The van der Waals surface area contributed by atoms with Gasteiger partial charge in [-0.15, -0.1) is 0 Å². The number of ketones is 1. The Bertz CT molecular complexity index is 165. The molecule has 0 saturated carbocycles. The van der Waals surface area contributed by atoms with E-state index in [0.717, 1.165) is 25.8 Å². The van der Waals surface area contributed by atoms with Gasteiger partial charge in [-0.25, -0.2) is 0 Å². The molecule has 0 aromatic heterocycles. The molecule has 0 radical (unpaired) electrons. The third-order valence-electron chi connectivity index (χ3n) is 2.53. The van der Waals surface area contributed by atoms with E-state index in [4.69, 9.17) is 0 Å². The Morgan fingerprint density at radius 1 is 1.58 bits per heavy atom. The second-order valence-corrected chi connectivity index (χ2v) is 4.20. The van der Waals surface area contributed by atoms with Crippen LogP contribution in [0.4, 0.5) is 0 Å². The van der Waals surface area contributed by atoms with Crippen molar-refractivity contribution in [2.45, 2.75) is 39.2 Å². The van der Waals surface area contributed by atoms with Crippen LogP contribution in [0.25, 0.3) is 0 Å². The van der Waals surface area contributed by atoms with E-state index >= 15 is 0 Å². The molecular weight excluding hydrogens is 150 g/mol. The summed E-state index contributed by atoms with van der Waals surface area (Å²) in [4.78, 5) is 13.7. The molecule has 0 aromatic rings. The third kappa shape index (κ3) is 2.31. The van der Waals surface area contributed by atoms with Crippen LogP contribution < -0.4 is 0 Å². The average Bonchev–Trinajstić information content (AvgIpc) is 1.97. The van der Waals surface area contributed by atoms with Crippen molar-refractivity contribution in [3.05, 3.63) is 0 Å². The van der Waals surface area contributed by atoms with Gasteiger partial charge >= 0.3 is 0 Å². The molecule has 0 aromatic carbocycles. The molecule has 1 aliphatic heterocycles. The molecule has 0 amide bonds. The van der Waals surface area contributed by atoms with Crippen LogP contribution in [-0.2, 0) is 4.79 Å². The molecule has 2 nitrogen and oxygen atoms in total. The van der Waals surface area contributed by atoms with E-state index in [1.54, 1.807) is 0 Å². The highest BCUT2D eigenvalue weighted by Crippen LogP contribution is 2.18. The standard InChI is InChI=1S/C10H19NO/c1-8(2)7-9-10(12)5-4-6-11(9)3/h8-9H,4-7H2,1-3H3. The lowest BCUT2D eigenvalue weighted by atomic mass is 9.93. The van der Waals surface area contributed by atoms with E-state index in [-0.39, 0.29) is 6.04 Å². The van der Waals surface area contributed by atoms with Gasteiger partial charge in [-0.3, -0.25) is 9.69 Å². The molecule has 0 aliphatic carbocycles. The van der Waals surface area contributed by atoms with Crippen molar-refractivity contribution in [1.82, 2.24) is 4.90 Å². The summed E-state index contributed by atoms with van der Waals surface area (Å²) in [6.45, 7) is 5.44. The van der Waals surface area contributed by atoms with Gasteiger partial charge in [-0.05, 0) is 32.4 Å². The number of carbonyl (C=O) groups excluding carboxylic acids is 1. The minimum atomic E-state index is 0.207. The molecule has 0 bridgehead atoms. The molecule has 0 N–H and O–H groups in total. The van der Waals surface area contributed by atoms with Gasteiger partial charge in [0.25, 0.3) is 0 Å². The molecule has 1 heterocycles. The van der Waals surface area contributed by atoms with Crippen LogP contribution in [0.5, 0.6) is 0 Å². The average molecular weight is 169 g/mol. The lowest BCUT2D eigenvalue weighted by molar-refractivity contribution is -0.126. The predicted octanol–water partition coefficient (Wildman–Crippen LogP) is 1.70. The predicted molar refractivity (Wildman–Crippen MR) is 50.1 cm³/mol. The highest BCUT2D eigenvalue weighted by Gasteiger charge is 2.26. The Hall–Kier alpha value is -0.370. The first kappa shape index (κ1) is 9.72. The fourth-order valence-corrected chi connectivity index (χ4v) is 1.83. The molecule has 1 fully saturated rings. The number of hydrogen-bond donors (Lipinski definition) is 0. The van der Waals surface area contributed by atoms with E-state index in [1.165, 1.54) is 0 Å². The molecule has 1 aliphatic rings. The monoisotopic (exact) mass is 169 g/mol. The van der Waals surface area contributed by atoms with Gasteiger partial charge < -0.3 is 0 Å². The van der Waals surface area contributed by atoms with Crippen LogP contribution in [0.1, 0.15) is 33.1 Å². The van der Waals surface area contributed by atoms with Gasteiger partial charge in [0.05, 0.1) is 6.04 Å². The molecule has 1 rings (SSSR count). The first-order valence-corrected chi connectivity index (χ1v) is 4.84. The molecule has 12 heavy (non-hydrogen) atoms. The molecule has 2 heteroatoms. The summed E-state index contributed by atoms with van der Waals surface area (Å²) < 4.78 is 0. The van der Waals surface area contributed by atoms with Gasteiger partial charge in [0.15, 0.2) is 0 Å². The highest BCUT2D eigenvalue weighted by atomic mass is 16.1. The van der Waals surface area contributed by atoms with E-state index in [1.807, 2.05) is 0 Å². The smallest absolute Gasteiger partial charge is 0.150 e. The van der Waals surface area contributed by atoms with Gasteiger partial charge in [-0.2, -0.15) is 0 Å². The first-order valence-electron chi connectivity index (χ1n) is 4.84. The largest absolute Gasteiger partial charge is 0.298 e. The first-order chi connectivity index (χ1) is 5.61. The number of likely N-dealkylation sites (N-methyl/N-ethyl adjacent to an activating group) is 1. The summed E-state index contributed by atoms with van der Waals surface area (Å²) in [6.07, 6.45) is 2.86. The van der Waals surface area contributed by atoms with Crippen molar-refractivity contribution in [3.63, 3.8) is 0 Å². The zero-order valence-corrected chi connectivity index (χ0v) is 8.34. The normalized spacial score (nSPS) is 26.7. The summed E-state index contributed by atoms with van der Waals surface area (Å²) >= 11 is 0. The Balaban J connectivity index is 2.51. The summed E-state index contributed by atoms with van der Waals surface area (Å²) in [7, 11) is 2.06. The van der Waals surface area contributed by atoms with Crippen molar-refractivity contribution < 1.29 is 4.79 Å². The zero-order chi connectivity index (χ0) is 9.14. The second-order valence-electron chi connectivity index (χ2n) is 4.20. The number of piperidine rings is 1. The number of hydrogen-bond acceptors (Lipinski definition) is 2.